The molecule has 1 amide bonds. The number of amides is 1. The van der Waals surface area contributed by atoms with E-state index >= 15 is 0 Å². The van der Waals surface area contributed by atoms with Crippen LogP contribution in [0.3, 0.4) is 0 Å². The lowest BCUT2D eigenvalue weighted by molar-refractivity contribution is -0.121. The largest absolute Gasteiger partial charge is 0.496 e. The standard InChI is InChI=1S/C19H23NO3/c1-15-8-9-18(22-2)16(14-15)10-12-20-19(21)11-13-23-17-6-4-3-5-7-17/h3-9,14H,10-13H2,1-2H3,(H,20,21). The highest BCUT2D eigenvalue weighted by molar-refractivity contribution is 5.76. The molecule has 0 saturated carbocycles. The minimum Gasteiger partial charge on any atom is -0.496 e. The first kappa shape index (κ1) is 16.9. The summed E-state index contributed by atoms with van der Waals surface area (Å²) in [5.74, 6) is 1.63. The van der Waals surface area contributed by atoms with E-state index in [1.807, 2.05) is 49.4 Å². The number of rotatable bonds is 8. The van der Waals surface area contributed by atoms with Crippen LogP contribution < -0.4 is 14.8 Å². The van der Waals surface area contributed by atoms with Crippen molar-refractivity contribution in [1.29, 1.82) is 0 Å². The van der Waals surface area contributed by atoms with E-state index in [-0.39, 0.29) is 5.91 Å². The number of hydrogen-bond acceptors (Lipinski definition) is 3. The molecule has 0 aromatic heterocycles. The predicted octanol–water partition coefficient (Wildman–Crippen LogP) is 3.13. The molecule has 0 bridgehead atoms. The second-order valence-corrected chi connectivity index (χ2v) is 5.33. The summed E-state index contributed by atoms with van der Waals surface area (Å²) >= 11 is 0. The predicted molar refractivity (Wildman–Crippen MR) is 91.0 cm³/mol. The number of hydrogen-bond donors (Lipinski definition) is 1. The average molecular weight is 313 g/mol. The van der Waals surface area contributed by atoms with Crippen molar-refractivity contribution in [3.05, 3.63) is 59.7 Å². The van der Waals surface area contributed by atoms with E-state index in [1.54, 1.807) is 7.11 Å². The van der Waals surface area contributed by atoms with E-state index in [4.69, 9.17) is 9.47 Å². The number of methoxy groups -OCH3 is 1. The van der Waals surface area contributed by atoms with E-state index in [9.17, 15) is 4.79 Å². The van der Waals surface area contributed by atoms with Crippen molar-refractivity contribution in [2.24, 2.45) is 0 Å². The Morgan fingerprint density at radius 3 is 2.65 bits per heavy atom. The zero-order valence-electron chi connectivity index (χ0n) is 13.7. The minimum absolute atomic E-state index is 0.00690. The summed E-state index contributed by atoms with van der Waals surface area (Å²) in [6.07, 6.45) is 1.09. The first-order valence-corrected chi connectivity index (χ1v) is 7.77. The SMILES string of the molecule is COc1ccc(C)cc1CCNC(=O)CCOc1ccccc1. The lowest BCUT2D eigenvalue weighted by Gasteiger charge is -2.10. The number of carbonyl (C=O) groups is 1. The maximum atomic E-state index is 11.8. The smallest absolute Gasteiger partial charge is 0.223 e. The van der Waals surface area contributed by atoms with Crippen LogP contribution in [-0.2, 0) is 11.2 Å². The first-order chi connectivity index (χ1) is 11.2. The topological polar surface area (TPSA) is 47.6 Å². The van der Waals surface area contributed by atoms with Gasteiger partial charge in [-0.2, -0.15) is 0 Å². The quantitative estimate of drug-likeness (QED) is 0.814. The Bertz CT molecular complexity index is 626. The molecule has 0 spiro atoms. The molecule has 2 rings (SSSR count). The molecule has 0 aliphatic heterocycles. The van der Waals surface area contributed by atoms with Crippen LogP contribution in [0.4, 0.5) is 0 Å². The summed E-state index contributed by atoms with van der Waals surface area (Å²) in [6.45, 7) is 3.01. The fourth-order valence-corrected chi connectivity index (χ4v) is 2.31. The molecule has 4 nitrogen and oxygen atoms in total. The molecule has 0 radical (unpaired) electrons. The second kappa shape index (κ2) is 8.83. The monoisotopic (exact) mass is 313 g/mol. The molecule has 0 unspecified atom stereocenters. The highest BCUT2D eigenvalue weighted by atomic mass is 16.5. The number of para-hydroxylation sites is 1. The van der Waals surface area contributed by atoms with Crippen molar-refractivity contribution in [1.82, 2.24) is 5.32 Å². The average Bonchev–Trinajstić information content (AvgIpc) is 2.56. The Kier molecular flexibility index (Phi) is 6.48. The van der Waals surface area contributed by atoms with Gasteiger partial charge in [0.2, 0.25) is 5.91 Å². The maximum Gasteiger partial charge on any atom is 0.223 e. The van der Waals surface area contributed by atoms with Gasteiger partial charge in [-0.3, -0.25) is 4.79 Å². The Morgan fingerprint density at radius 2 is 1.91 bits per heavy atom. The number of aryl methyl sites for hydroxylation is 1. The molecule has 122 valence electrons. The zero-order chi connectivity index (χ0) is 16.5. The van der Waals surface area contributed by atoms with Gasteiger partial charge in [0, 0.05) is 6.54 Å². The van der Waals surface area contributed by atoms with Crippen molar-refractivity contribution in [3.63, 3.8) is 0 Å². The summed E-state index contributed by atoms with van der Waals surface area (Å²) in [4.78, 5) is 11.8. The third-order valence-corrected chi connectivity index (χ3v) is 3.49. The fourth-order valence-electron chi connectivity index (χ4n) is 2.31. The molecule has 0 fully saturated rings. The summed E-state index contributed by atoms with van der Waals surface area (Å²) in [6, 6.07) is 15.6. The molecule has 0 heterocycles. The van der Waals surface area contributed by atoms with Gasteiger partial charge in [0.25, 0.3) is 0 Å². The number of carbonyl (C=O) groups excluding carboxylic acids is 1. The molecular weight excluding hydrogens is 290 g/mol. The highest BCUT2D eigenvalue weighted by Crippen LogP contribution is 2.19. The fraction of sp³-hybridized carbons (Fsp3) is 0.316. The van der Waals surface area contributed by atoms with E-state index in [2.05, 4.69) is 11.4 Å². The van der Waals surface area contributed by atoms with Crippen LogP contribution in [0, 0.1) is 6.92 Å². The number of nitrogens with one attached hydrogen (secondary N) is 1. The number of benzene rings is 2. The van der Waals surface area contributed by atoms with Crippen LogP contribution in [0.15, 0.2) is 48.5 Å². The molecule has 1 N–H and O–H groups in total. The van der Waals surface area contributed by atoms with Gasteiger partial charge in [0.05, 0.1) is 20.1 Å². The van der Waals surface area contributed by atoms with Gasteiger partial charge >= 0.3 is 0 Å². The van der Waals surface area contributed by atoms with Gasteiger partial charge in [0.1, 0.15) is 11.5 Å². The third kappa shape index (κ3) is 5.66. The van der Waals surface area contributed by atoms with Crippen molar-refractivity contribution in [2.45, 2.75) is 19.8 Å². The van der Waals surface area contributed by atoms with Gasteiger partial charge in [-0.15, -0.1) is 0 Å². The van der Waals surface area contributed by atoms with E-state index in [0.29, 0.717) is 19.6 Å². The van der Waals surface area contributed by atoms with Crippen LogP contribution in [0.1, 0.15) is 17.5 Å². The van der Waals surface area contributed by atoms with Crippen LogP contribution >= 0.6 is 0 Å². The normalized spacial score (nSPS) is 10.2. The van der Waals surface area contributed by atoms with Gasteiger partial charge in [0.15, 0.2) is 0 Å². The van der Waals surface area contributed by atoms with Gasteiger partial charge in [-0.05, 0) is 37.1 Å². The van der Waals surface area contributed by atoms with E-state index in [1.165, 1.54) is 5.56 Å². The molecule has 0 aliphatic rings. The lowest BCUT2D eigenvalue weighted by Crippen LogP contribution is -2.27. The van der Waals surface area contributed by atoms with E-state index in [0.717, 1.165) is 23.5 Å². The van der Waals surface area contributed by atoms with Crippen LogP contribution in [0.2, 0.25) is 0 Å². The van der Waals surface area contributed by atoms with Crippen LogP contribution in [-0.4, -0.2) is 26.2 Å². The molecular formula is C19H23NO3. The van der Waals surface area contributed by atoms with Crippen molar-refractivity contribution in [3.8, 4) is 11.5 Å². The first-order valence-electron chi connectivity index (χ1n) is 7.77. The van der Waals surface area contributed by atoms with Gasteiger partial charge in [-0.1, -0.05) is 35.9 Å². The van der Waals surface area contributed by atoms with Crippen molar-refractivity contribution in [2.75, 3.05) is 20.3 Å². The molecule has 4 heteroatoms. The Hall–Kier alpha value is -2.49. The third-order valence-electron chi connectivity index (χ3n) is 3.49. The molecule has 2 aromatic carbocycles. The van der Waals surface area contributed by atoms with Crippen molar-refractivity contribution >= 4 is 5.91 Å². The summed E-state index contributed by atoms with van der Waals surface area (Å²) in [7, 11) is 1.66. The highest BCUT2D eigenvalue weighted by Gasteiger charge is 2.05. The van der Waals surface area contributed by atoms with E-state index < -0.39 is 0 Å². The van der Waals surface area contributed by atoms with Crippen LogP contribution in [0.25, 0.3) is 0 Å². The molecule has 23 heavy (non-hydrogen) atoms. The summed E-state index contributed by atoms with van der Waals surface area (Å²) in [5, 5.41) is 2.91. The summed E-state index contributed by atoms with van der Waals surface area (Å²) < 4.78 is 10.9. The molecule has 0 aliphatic carbocycles. The van der Waals surface area contributed by atoms with Gasteiger partial charge in [-0.25, -0.2) is 0 Å². The molecule has 2 aromatic rings. The zero-order valence-corrected chi connectivity index (χ0v) is 13.7. The van der Waals surface area contributed by atoms with Crippen LogP contribution in [0.5, 0.6) is 11.5 Å². The molecule has 0 atom stereocenters. The Balaban J connectivity index is 1.70. The number of ether oxygens (including phenoxy) is 2. The maximum absolute atomic E-state index is 11.8. The molecule has 0 saturated heterocycles. The van der Waals surface area contributed by atoms with Crippen molar-refractivity contribution < 1.29 is 14.3 Å². The van der Waals surface area contributed by atoms with Gasteiger partial charge < -0.3 is 14.8 Å². The lowest BCUT2D eigenvalue weighted by atomic mass is 10.1. The Labute approximate surface area is 137 Å². The minimum atomic E-state index is -0.00690. The summed E-state index contributed by atoms with van der Waals surface area (Å²) in [5.41, 5.74) is 2.29. The second-order valence-electron chi connectivity index (χ2n) is 5.33. The Morgan fingerprint density at radius 1 is 1.13 bits per heavy atom.